The van der Waals surface area contributed by atoms with Gasteiger partial charge in [-0.15, -0.1) is 11.3 Å². The maximum atomic E-state index is 11.9. The van der Waals surface area contributed by atoms with Gasteiger partial charge in [0.25, 0.3) is 0 Å². The second-order valence-corrected chi connectivity index (χ2v) is 6.48. The Morgan fingerprint density at radius 1 is 1.23 bits per heavy atom. The van der Waals surface area contributed by atoms with Crippen molar-refractivity contribution in [3.05, 3.63) is 51.6 Å². The van der Waals surface area contributed by atoms with Crippen molar-refractivity contribution in [2.75, 3.05) is 0 Å². The Morgan fingerprint density at radius 2 is 2.09 bits per heavy atom. The Bertz CT molecular complexity index is 1080. The summed E-state index contributed by atoms with van der Waals surface area (Å²) < 4.78 is 1.20. The number of aryl methyl sites for hydroxylation is 1. The molecule has 0 bridgehead atoms. The van der Waals surface area contributed by atoms with Crippen molar-refractivity contribution in [1.29, 1.82) is 0 Å². The van der Waals surface area contributed by atoms with E-state index < -0.39 is 0 Å². The van der Waals surface area contributed by atoms with Gasteiger partial charge in [0, 0.05) is 22.5 Å². The number of hydrogen-bond acceptors (Lipinski definition) is 3. The fourth-order valence-corrected chi connectivity index (χ4v) is 4.11. The van der Waals surface area contributed by atoms with E-state index in [9.17, 15) is 9.90 Å². The first-order valence-corrected chi connectivity index (χ1v) is 8.24. The Labute approximate surface area is 130 Å². The second kappa shape index (κ2) is 4.85. The lowest BCUT2D eigenvalue weighted by Crippen LogP contribution is -1.97. The highest BCUT2D eigenvalue weighted by Gasteiger charge is 2.12. The topological polar surface area (TPSA) is 53.1 Å². The summed E-state index contributed by atoms with van der Waals surface area (Å²) in [6, 6.07) is 7.05. The third-order valence-electron chi connectivity index (χ3n) is 4.12. The average Bonchev–Trinajstić information content (AvgIpc) is 2.92. The number of hydrogen-bond donors (Lipinski definition) is 2. The molecule has 2 N–H and O–H groups in total. The molecular weight excluding hydrogens is 294 g/mol. The number of pyridine rings is 1. The van der Waals surface area contributed by atoms with Gasteiger partial charge in [0.1, 0.15) is 0 Å². The highest BCUT2D eigenvalue weighted by molar-refractivity contribution is 7.17. The van der Waals surface area contributed by atoms with Crippen molar-refractivity contribution < 1.29 is 5.11 Å². The van der Waals surface area contributed by atoms with E-state index >= 15 is 0 Å². The number of phenols is 1. The fraction of sp³-hybridized carbons (Fsp3) is 0.167. The first-order chi connectivity index (χ1) is 10.7. The first-order valence-electron chi connectivity index (χ1n) is 7.36. The third kappa shape index (κ3) is 1.84. The summed E-state index contributed by atoms with van der Waals surface area (Å²) in [5.41, 5.74) is 2.01. The zero-order valence-corrected chi connectivity index (χ0v) is 13.0. The maximum Gasteiger partial charge on any atom is 0.220 e. The van der Waals surface area contributed by atoms with E-state index in [2.05, 4.69) is 17.3 Å². The average molecular weight is 309 g/mol. The number of aromatic amines is 1. The van der Waals surface area contributed by atoms with Gasteiger partial charge in [-0.3, -0.25) is 4.79 Å². The van der Waals surface area contributed by atoms with E-state index in [1.807, 2.05) is 18.3 Å². The summed E-state index contributed by atoms with van der Waals surface area (Å²) in [5, 5.41) is 16.0. The molecule has 0 spiro atoms. The molecule has 2 aromatic carbocycles. The number of benzene rings is 2. The van der Waals surface area contributed by atoms with Crippen molar-refractivity contribution in [2.24, 2.45) is 0 Å². The molecule has 4 heteroatoms. The predicted molar refractivity (Wildman–Crippen MR) is 93.1 cm³/mol. The lowest BCUT2D eigenvalue weighted by Gasteiger charge is -2.08. The molecule has 0 aliphatic rings. The number of H-pyrrole nitrogens is 1. The largest absolute Gasteiger partial charge is 0.504 e. The van der Waals surface area contributed by atoms with Crippen LogP contribution in [0.3, 0.4) is 0 Å². The zero-order chi connectivity index (χ0) is 15.3. The lowest BCUT2D eigenvalue weighted by molar-refractivity contribution is 0.471. The van der Waals surface area contributed by atoms with E-state index in [-0.39, 0.29) is 11.2 Å². The highest BCUT2D eigenvalue weighted by Crippen LogP contribution is 2.36. The minimum atomic E-state index is -0.329. The fourth-order valence-electron chi connectivity index (χ4n) is 3.13. The van der Waals surface area contributed by atoms with Crippen molar-refractivity contribution >= 4 is 43.1 Å². The number of fused-ring (bicyclic) bond motifs is 5. The van der Waals surface area contributed by atoms with Crippen LogP contribution in [-0.2, 0) is 6.42 Å². The molecule has 0 unspecified atom stereocenters. The molecular formula is C18H15NO2S. The lowest BCUT2D eigenvalue weighted by atomic mass is 9.99. The molecule has 4 aromatic rings. The molecule has 0 aliphatic heterocycles. The number of aromatic nitrogens is 1. The van der Waals surface area contributed by atoms with Gasteiger partial charge < -0.3 is 10.1 Å². The van der Waals surface area contributed by atoms with Gasteiger partial charge >= 0.3 is 0 Å². The van der Waals surface area contributed by atoms with Crippen LogP contribution >= 0.6 is 11.3 Å². The van der Waals surface area contributed by atoms with Gasteiger partial charge in [0.15, 0.2) is 5.75 Å². The van der Waals surface area contributed by atoms with Crippen LogP contribution in [0.25, 0.3) is 31.8 Å². The van der Waals surface area contributed by atoms with Gasteiger partial charge in [0.05, 0.1) is 4.70 Å². The Kier molecular flexibility index (Phi) is 2.94. The molecule has 2 aromatic heterocycles. The summed E-state index contributed by atoms with van der Waals surface area (Å²) >= 11 is 1.73. The van der Waals surface area contributed by atoms with Crippen LogP contribution in [0.2, 0.25) is 0 Å². The molecule has 0 fully saturated rings. The second-order valence-electron chi connectivity index (χ2n) is 5.57. The summed E-state index contributed by atoms with van der Waals surface area (Å²) in [4.78, 5) is 15.2. The maximum absolute atomic E-state index is 11.9. The van der Waals surface area contributed by atoms with Crippen LogP contribution in [0, 0.1) is 0 Å². The van der Waals surface area contributed by atoms with E-state index in [1.165, 1.54) is 15.6 Å². The van der Waals surface area contributed by atoms with E-state index in [4.69, 9.17) is 0 Å². The summed E-state index contributed by atoms with van der Waals surface area (Å²) in [7, 11) is 0. The Hall–Kier alpha value is -2.33. The van der Waals surface area contributed by atoms with Crippen LogP contribution in [0.5, 0.6) is 5.75 Å². The van der Waals surface area contributed by atoms with E-state index in [1.54, 1.807) is 23.5 Å². The zero-order valence-electron chi connectivity index (χ0n) is 12.1. The Morgan fingerprint density at radius 3 is 2.91 bits per heavy atom. The quantitative estimate of drug-likeness (QED) is 0.534. The molecule has 3 nitrogen and oxygen atoms in total. The Balaban J connectivity index is 2.27. The van der Waals surface area contributed by atoms with Gasteiger partial charge in [-0.25, -0.2) is 0 Å². The SMILES string of the molecule is CCCc1csc2c[nH]c3ccc4cc(O)c(=O)cc4c3c12. The molecule has 0 amide bonds. The van der Waals surface area contributed by atoms with Gasteiger partial charge in [0.2, 0.25) is 5.43 Å². The number of rotatable bonds is 2. The number of phenolic OH excluding ortho intramolecular Hbond substituents is 1. The minimum Gasteiger partial charge on any atom is -0.504 e. The summed E-state index contributed by atoms with van der Waals surface area (Å²) in [6.07, 6.45) is 4.15. The molecule has 4 rings (SSSR count). The highest BCUT2D eigenvalue weighted by atomic mass is 32.1. The van der Waals surface area contributed by atoms with E-state index in [0.717, 1.165) is 34.5 Å². The van der Waals surface area contributed by atoms with Gasteiger partial charge in [-0.05, 0) is 46.3 Å². The molecule has 0 aliphatic carbocycles. The van der Waals surface area contributed by atoms with Crippen molar-refractivity contribution in [1.82, 2.24) is 4.98 Å². The molecule has 0 radical (unpaired) electrons. The van der Waals surface area contributed by atoms with E-state index in [0.29, 0.717) is 0 Å². The standard InChI is InChI=1S/C18H15NO2S/c1-2-3-11-9-22-16-8-19-13-5-4-10-6-14(20)15(21)7-12(10)18(13)17(11)16/h4-9,19-20H,2-3H2,1H3. The summed E-state index contributed by atoms with van der Waals surface area (Å²) in [5.74, 6) is -0.192. The number of aromatic hydroxyl groups is 1. The van der Waals surface area contributed by atoms with Crippen LogP contribution in [0.4, 0.5) is 0 Å². The number of thiophene rings is 1. The monoisotopic (exact) mass is 309 g/mol. The van der Waals surface area contributed by atoms with Gasteiger partial charge in [-0.1, -0.05) is 19.4 Å². The normalized spacial score (nSPS) is 11.7. The minimum absolute atomic E-state index is 0.192. The predicted octanol–water partition coefficient (Wildman–Crippen LogP) is 4.55. The van der Waals surface area contributed by atoms with Crippen molar-refractivity contribution in [2.45, 2.75) is 19.8 Å². The van der Waals surface area contributed by atoms with Crippen molar-refractivity contribution in [3.8, 4) is 5.75 Å². The third-order valence-corrected chi connectivity index (χ3v) is 5.10. The molecule has 110 valence electrons. The molecule has 0 saturated carbocycles. The van der Waals surface area contributed by atoms with Crippen LogP contribution in [-0.4, -0.2) is 10.1 Å². The molecule has 0 saturated heterocycles. The van der Waals surface area contributed by atoms with Crippen LogP contribution < -0.4 is 5.43 Å². The molecule has 22 heavy (non-hydrogen) atoms. The first kappa shape index (κ1) is 13.3. The number of nitrogens with one attached hydrogen (secondary N) is 1. The summed E-state index contributed by atoms with van der Waals surface area (Å²) in [6.45, 7) is 2.17. The molecule has 2 heterocycles. The smallest absolute Gasteiger partial charge is 0.220 e. The van der Waals surface area contributed by atoms with Crippen LogP contribution in [0.1, 0.15) is 18.9 Å². The van der Waals surface area contributed by atoms with Crippen LogP contribution in [0.15, 0.2) is 40.6 Å². The van der Waals surface area contributed by atoms with Gasteiger partial charge in [-0.2, -0.15) is 0 Å². The molecule has 0 atom stereocenters. The van der Waals surface area contributed by atoms with Crippen molar-refractivity contribution in [3.63, 3.8) is 0 Å².